The van der Waals surface area contributed by atoms with Crippen LogP contribution in [0.3, 0.4) is 0 Å². The maximum Gasteiger partial charge on any atom is 0.148 e. The molecule has 1 atom stereocenters. The van der Waals surface area contributed by atoms with Gasteiger partial charge in [-0.05, 0) is 18.9 Å². The number of furan rings is 1. The van der Waals surface area contributed by atoms with E-state index < -0.39 is 0 Å². The van der Waals surface area contributed by atoms with Crippen LogP contribution < -0.4 is 5.32 Å². The smallest absolute Gasteiger partial charge is 0.148 e. The number of rotatable bonds is 2. The second-order valence-electron chi connectivity index (χ2n) is 4.26. The molecule has 3 rings (SSSR count). The number of nitrogens with one attached hydrogen (secondary N) is 1. The van der Waals surface area contributed by atoms with Gasteiger partial charge in [-0.2, -0.15) is 5.10 Å². The SMILES string of the molecule is Cn1ccc(NC2CCCc3occc32)n1. The van der Waals surface area contributed by atoms with Crippen LogP contribution in [0.15, 0.2) is 29.0 Å². The van der Waals surface area contributed by atoms with Gasteiger partial charge in [-0.15, -0.1) is 0 Å². The van der Waals surface area contributed by atoms with Crippen molar-refractivity contribution >= 4 is 5.82 Å². The molecule has 2 aromatic heterocycles. The number of aryl methyl sites for hydroxylation is 2. The van der Waals surface area contributed by atoms with Crippen molar-refractivity contribution in [3.63, 3.8) is 0 Å². The maximum atomic E-state index is 5.46. The van der Waals surface area contributed by atoms with Crippen LogP contribution in [0, 0.1) is 0 Å². The first-order valence-corrected chi connectivity index (χ1v) is 5.65. The molecular weight excluding hydrogens is 202 g/mol. The molecule has 4 nitrogen and oxygen atoms in total. The summed E-state index contributed by atoms with van der Waals surface area (Å²) in [7, 11) is 1.93. The summed E-state index contributed by atoms with van der Waals surface area (Å²) in [5.41, 5.74) is 1.29. The molecule has 0 fully saturated rings. The predicted molar refractivity (Wildman–Crippen MR) is 61.2 cm³/mol. The van der Waals surface area contributed by atoms with Crippen LogP contribution in [0.1, 0.15) is 30.2 Å². The Morgan fingerprint density at radius 1 is 1.50 bits per heavy atom. The van der Waals surface area contributed by atoms with Gasteiger partial charge in [0.15, 0.2) is 0 Å². The zero-order chi connectivity index (χ0) is 11.0. The van der Waals surface area contributed by atoms with E-state index in [9.17, 15) is 0 Å². The van der Waals surface area contributed by atoms with Crippen LogP contribution in [0.4, 0.5) is 5.82 Å². The summed E-state index contributed by atoms with van der Waals surface area (Å²) < 4.78 is 7.27. The molecule has 4 heteroatoms. The van der Waals surface area contributed by atoms with Crippen molar-refractivity contribution in [2.24, 2.45) is 7.05 Å². The molecule has 0 aromatic carbocycles. The van der Waals surface area contributed by atoms with E-state index >= 15 is 0 Å². The molecule has 0 saturated carbocycles. The van der Waals surface area contributed by atoms with Crippen molar-refractivity contribution in [2.45, 2.75) is 25.3 Å². The third-order valence-electron chi connectivity index (χ3n) is 3.09. The lowest BCUT2D eigenvalue weighted by atomic mass is 9.93. The molecule has 0 bridgehead atoms. The fourth-order valence-corrected chi connectivity index (χ4v) is 2.31. The van der Waals surface area contributed by atoms with Crippen LogP contribution in [0.2, 0.25) is 0 Å². The normalized spacial score (nSPS) is 19.4. The zero-order valence-electron chi connectivity index (χ0n) is 9.31. The summed E-state index contributed by atoms with van der Waals surface area (Å²) >= 11 is 0. The molecule has 2 heterocycles. The third kappa shape index (κ3) is 1.60. The van der Waals surface area contributed by atoms with E-state index in [4.69, 9.17) is 4.42 Å². The van der Waals surface area contributed by atoms with Crippen molar-refractivity contribution < 1.29 is 4.42 Å². The van der Waals surface area contributed by atoms with Crippen LogP contribution >= 0.6 is 0 Å². The molecule has 0 aliphatic heterocycles. The molecule has 0 spiro atoms. The largest absolute Gasteiger partial charge is 0.469 e. The Bertz CT molecular complexity index is 486. The van der Waals surface area contributed by atoms with Crippen LogP contribution in [0.25, 0.3) is 0 Å². The second kappa shape index (κ2) is 3.70. The molecule has 1 aliphatic carbocycles. The van der Waals surface area contributed by atoms with Gasteiger partial charge in [-0.25, -0.2) is 0 Å². The molecule has 1 unspecified atom stereocenters. The molecule has 0 saturated heterocycles. The van der Waals surface area contributed by atoms with Crippen molar-refractivity contribution in [3.8, 4) is 0 Å². The van der Waals surface area contributed by atoms with Crippen molar-refractivity contribution in [3.05, 3.63) is 35.9 Å². The Labute approximate surface area is 94.3 Å². The Kier molecular flexibility index (Phi) is 2.20. The number of hydrogen-bond acceptors (Lipinski definition) is 3. The lowest BCUT2D eigenvalue weighted by Gasteiger charge is -2.22. The predicted octanol–water partition coefficient (Wildman–Crippen LogP) is 2.50. The number of nitrogens with zero attached hydrogens (tertiary/aromatic N) is 2. The molecule has 1 aliphatic rings. The number of fused-ring (bicyclic) bond motifs is 1. The Morgan fingerprint density at radius 3 is 3.25 bits per heavy atom. The van der Waals surface area contributed by atoms with Crippen molar-refractivity contribution in [1.82, 2.24) is 9.78 Å². The highest BCUT2D eigenvalue weighted by atomic mass is 16.3. The van der Waals surface area contributed by atoms with Crippen molar-refractivity contribution in [1.29, 1.82) is 0 Å². The molecule has 2 aromatic rings. The third-order valence-corrected chi connectivity index (χ3v) is 3.09. The summed E-state index contributed by atoms with van der Waals surface area (Å²) in [4.78, 5) is 0. The molecule has 1 N–H and O–H groups in total. The van der Waals surface area contributed by atoms with E-state index in [1.807, 2.05) is 19.3 Å². The van der Waals surface area contributed by atoms with Gasteiger partial charge < -0.3 is 9.73 Å². The van der Waals surface area contributed by atoms with Crippen LogP contribution in [0.5, 0.6) is 0 Å². The minimum atomic E-state index is 0.345. The first kappa shape index (κ1) is 9.51. The van der Waals surface area contributed by atoms with Gasteiger partial charge >= 0.3 is 0 Å². The Balaban J connectivity index is 1.82. The summed E-state index contributed by atoms with van der Waals surface area (Å²) in [5.74, 6) is 2.06. The fourth-order valence-electron chi connectivity index (χ4n) is 2.31. The lowest BCUT2D eigenvalue weighted by Crippen LogP contribution is -2.16. The van der Waals surface area contributed by atoms with E-state index in [0.717, 1.165) is 24.4 Å². The van der Waals surface area contributed by atoms with E-state index in [1.54, 1.807) is 10.9 Å². The minimum absolute atomic E-state index is 0.345. The summed E-state index contributed by atoms with van der Waals surface area (Å²) in [5, 5.41) is 7.79. The van der Waals surface area contributed by atoms with Gasteiger partial charge in [0.25, 0.3) is 0 Å². The second-order valence-corrected chi connectivity index (χ2v) is 4.26. The monoisotopic (exact) mass is 217 g/mol. The van der Waals surface area contributed by atoms with E-state index in [-0.39, 0.29) is 0 Å². The number of hydrogen-bond donors (Lipinski definition) is 1. The van der Waals surface area contributed by atoms with Gasteiger partial charge in [-0.3, -0.25) is 4.68 Å². The van der Waals surface area contributed by atoms with Gasteiger partial charge in [0.1, 0.15) is 11.6 Å². The quantitative estimate of drug-likeness (QED) is 0.840. The molecule has 0 radical (unpaired) electrons. The lowest BCUT2D eigenvalue weighted by molar-refractivity contribution is 0.461. The standard InChI is InChI=1S/C12H15N3O/c1-15-7-5-12(14-15)13-10-3-2-4-11-9(10)6-8-16-11/h5-8,10H,2-4H2,1H3,(H,13,14). The van der Waals surface area contributed by atoms with E-state index in [2.05, 4.69) is 16.5 Å². The zero-order valence-corrected chi connectivity index (χ0v) is 9.31. The average molecular weight is 217 g/mol. The van der Waals surface area contributed by atoms with Gasteiger partial charge in [-0.1, -0.05) is 0 Å². The Morgan fingerprint density at radius 2 is 2.44 bits per heavy atom. The van der Waals surface area contributed by atoms with Crippen LogP contribution in [-0.4, -0.2) is 9.78 Å². The first-order valence-electron chi connectivity index (χ1n) is 5.65. The topological polar surface area (TPSA) is 43.0 Å². The summed E-state index contributed by atoms with van der Waals surface area (Å²) in [6, 6.07) is 4.40. The average Bonchev–Trinajstić information content (AvgIpc) is 2.87. The number of anilines is 1. The Hall–Kier alpha value is -1.71. The molecular formula is C12H15N3O. The number of aromatic nitrogens is 2. The highest BCUT2D eigenvalue weighted by Crippen LogP contribution is 2.32. The van der Waals surface area contributed by atoms with E-state index in [1.165, 1.54) is 12.0 Å². The van der Waals surface area contributed by atoms with Gasteiger partial charge in [0.2, 0.25) is 0 Å². The van der Waals surface area contributed by atoms with Gasteiger partial charge in [0.05, 0.1) is 12.3 Å². The molecule has 84 valence electrons. The minimum Gasteiger partial charge on any atom is -0.469 e. The van der Waals surface area contributed by atoms with Crippen molar-refractivity contribution in [2.75, 3.05) is 5.32 Å². The maximum absolute atomic E-state index is 5.46. The fraction of sp³-hybridized carbons (Fsp3) is 0.417. The molecule has 0 amide bonds. The first-order chi connectivity index (χ1) is 7.83. The highest BCUT2D eigenvalue weighted by molar-refractivity contribution is 5.38. The molecule has 16 heavy (non-hydrogen) atoms. The summed E-state index contributed by atoms with van der Waals surface area (Å²) in [6.07, 6.45) is 7.10. The highest BCUT2D eigenvalue weighted by Gasteiger charge is 2.22. The summed E-state index contributed by atoms with van der Waals surface area (Å²) in [6.45, 7) is 0. The van der Waals surface area contributed by atoms with Gasteiger partial charge in [0, 0.05) is 31.3 Å². The van der Waals surface area contributed by atoms with E-state index in [0.29, 0.717) is 6.04 Å². The van der Waals surface area contributed by atoms with Crippen LogP contribution in [-0.2, 0) is 13.5 Å².